The molecule has 0 fully saturated rings. The van der Waals surface area contributed by atoms with Gasteiger partial charge in [0.25, 0.3) is 0 Å². The molecule has 0 spiro atoms. The Balaban J connectivity index is 2.19. The van der Waals surface area contributed by atoms with Crippen LogP contribution in [0.25, 0.3) is 22.0 Å². The molecule has 0 atom stereocenters. The number of nitrogens with one attached hydrogen (secondary N) is 1. The second-order valence-corrected chi connectivity index (χ2v) is 4.87. The lowest BCUT2D eigenvalue weighted by molar-refractivity contribution is 0.783. The Hall–Kier alpha value is -2.09. The molecule has 0 aliphatic rings. The lowest BCUT2D eigenvalue weighted by Gasteiger charge is -2.04. The number of nitrogens with zero attached hydrogens (tertiary/aromatic N) is 1. The molecule has 2 aromatic heterocycles. The Morgan fingerprint density at radius 3 is 2.74 bits per heavy atom. The largest absolute Gasteiger partial charge is 0.358 e. The molecule has 0 aliphatic carbocycles. The minimum Gasteiger partial charge on any atom is -0.358 e. The van der Waals surface area contributed by atoms with Gasteiger partial charge in [0, 0.05) is 34.6 Å². The van der Waals surface area contributed by atoms with Gasteiger partial charge in [-0.15, -0.1) is 0 Å². The third-order valence-corrected chi connectivity index (χ3v) is 3.52. The highest BCUT2D eigenvalue weighted by molar-refractivity contribution is 5.96. The zero-order chi connectivity index (χ0) is 13.1. The summed E-state index contributed by atoms with van der Waals surface area (Å²) in [6.07, 6.45) is 7.32. The molecular weight excluding hydrogens is 232 g/mol. The Morgan fingerprint density at radius 2 is 1.95 bits per heavy atom. The van der Waals surface area contributed by atoms with Crippen molar-refractivity contribution in [1.82, 2.24) is 9.97 Å². The molecule has 2 nitrogen and oxygen atoms in total. The van der Waals surface area contributed by atoms with E-state index in [9.17, 15) is 0 Å². The van der Waals surface area contributed by atoms with E-state index < -0.39 is 0 Å². The van der Waals surface area contributed by atoms with Crippen LogP contribution in [0.2, 0.25) is 0 Å². The van der Waals surface area contributed by atoms with Gasteiger partial charge >= 0.3 is 0 Å². The second-order valence-electron chi connectivity index (χ2n) is 4.87. The van der Waals surface area contributed by atoms with Crippen LogP contribution in [0, 0.1) is 0 Å². The highest BCUT2D eigenvalue weighted by Crippen LogP contribution is 2.32. The number of hydrogen-bond acceptors (Lipinski definition) is 1. The van der Waals surface area contributed by atoms with Crippen LogP contribution in [-0.4, -0.2) is 9.97 Å². The molecule has 19 heavy (non-hydrogen) atoms. The molecule has 0 aliphatic heterocycles. The van der Waals surface area contributed by atoms with Gasteiger partial charge in [-0.1, -0.05) is 43.7 Å². The Labute approximate surface area is 113 Å². The van der Waals surface area contributed by atoms with Gasteiger partial charge in [-0.05, 0) is 24.5 Å². The van der Waals surface area contributed by atoms with Crippen LogP contribution in [0.3, 0.4) is 0 Å². The second kappa shape index (κ2) is 5.27. The van der Waals surface area contributed by atoms with Crippen molar-refractivity contribution in [3.63, 3.8) is 0 Å². The smallest absolute Gasteiger partial charge is 0.0493 e. The van der Waals surface area contributed by atoms with Crippen molar-refractivity contribution < 1.29 is 0 Å². The van der Waals surface area contributed by atoms with Crippen LogP contribution in [0.4, 0.5) is 0 Å². The topological polar surface area (TPSA) is 28.7 Å². The number of pyridine rings is 1. The summed E-state index contributed by atoms with van der Waals surface area (Å²) < 4.78 is 0. The summed E-state index contributed by atoms with van der Waals surface area (Å²) in [5, 5.41) is 1.22. The number of hydrogen-bond donors (Lipinski definition) is 1. The van der Waals surface area contributed by atoms with Crippen LogP contribution in [0.1, 0.15) is 25.5 Å². The normalized spacial score (nSPS) is 11.0. The van der Waals surface area contributed by atoms with Crippen molar-refractivity contribution in [2.45, 2.75) is 26.2 Å². The number of rotatable bonds is 4. The quantitative estimate of drug-likeness (QED) is 0.721. The van der Waals surface area contributed by atoms with E-state index in [1.54, 1.807) is 0 Å². The molecular formula is C17H18N2. The van der Waals surface area contributed by atoms with E-state index >= 15 is 0 Å². The first-order chi connectivity index (χ1) is 9.40. The Morgan fingerprint density at radius 1 is 1.11 bits per heavy atom. The van der Waals surface area contributed by atoms with Gasteiger partial charge in [0.1, 0.15) is 0 Å². The fraction of sp³-hybridized carbons (Fsp3) is 0.235. The maximum Gasteiger partial charge on any atom is 0.0493 e. The van der Waals surface area contributed by atoms with Gasteiger partial charge in [0.2, 0.25) is 0 Å². The molecule has 96 valence electrons. The highest BCUT2D eigenvalue weighted by atomic mass is 14.7. The standard InChI is InChI=1S/C17H18N2/c1-2-3-9-16-17(13-7-5-4-6-8-13)14-12-18-11-10-15(14)19-16/h4-8,10-12,19H,2-3,9H2,1H3. The highest BCUT2D eigenvalue weighted by Gasteiger charge is 2.12. The van der Waals surface area contributed by atoms with Crippen molar-refractivity contribution in [3.8, 4) is 11.1 Å². The molecule has 0 bridgehead atoms. The molecule has 0 amide bonds. The van der Waals surface area contributed by atoms with Crippen LogP contribution >= 0.6 is 0 Å². The van der Waals surface area contributed by atoms with Crippen molar-refractivity contribution in [1.29, 1.82) is 0 Å². The van der Waals surface area contributed by atoms with Gasteiger partial charge in [-0.25, -0.2) is 0 Å². The predicted octanol–water partition coefficient (Wildman–Crippen LogP) is 4.57. The monoisotopic (exact) mass is 250 g/mol. The maximum absolute atomic E-state index is 4.27. The molecule has 2 heteroatoms. The van der Waals surface area contributed by atoms with Crippen molar-refractivity contribution >= 4 is 10.9 Å². The van der Waals surface area contributed by atoms with Gasteiger partial charge in [-0.2, -0.15) is 0 Å². The van der Waals surface area contributed by atoms with E-state index in [4.69, 9.17) is 0 Å². The number of aryl methyl sites for hydroxylation is 1. The Kier molecular flexibility index (Phi) is 3.32. The van der Waals surface area contributed by atoms with Gasteiger partial charge in [-0.3, -0.25) is 4.98 Å². The van der Waals surface area contributed by atoms with Crippen molar-refractivity contribution in [2.24, 2.45) is 0 Å². The minimum absolute atomic E-state index is 1.09. The molecule has 0 saturated carbocycles. The number of unbranched alkanes of at least 4 members (excludes halogenated alkanes) is 1. The molecule has 0 unspecified atom stereocenters. The number of H-pyrrole nitrogens is 1. The summed E-state index contributed by atoms with van der Waals surface area (Å²) in [6.45, 7) is 2.23. The number of benzene rings is 1. The predicted molar refractivity (Wildman–Crippen MR) is 80.1 cm³/mol. The molecule has 3 rings (SSSR count). The zero-order valence-electron chi connectivity index (χ0n) is 11.2. The summed E-state index contributed by atoms with van der Waals surface area (Å²) in [6, 6.07) is 12.6. The van der Waals surface area contributed by atoms with Crippen molar-refractivity contribution in [3.05, 3.63) is 54.5 Å². The Bertz CT molecular complexity index is 668. The SMILES string of the molecule is CCCCc1[nH]c2ccncc2c1-c1ccccc1. The summed E-state index contributed by atoms with van der Waals surface area (Å²) in [4.78, 5) is 7.83. The first kappa shape index (κ1) is 12.0. The zero-order valence-corrected chi connectivity index (χ0v) is 11.2. The summed E-state index contributed by atoms with van der Waals surface area (Å²) in [5.41, 5.74) is 5.10. The lowest BCUT2D eigenvalue weighted by Crippen LogP contribution is -1.88. The van der Waals surface area contributed by atoms with Crippen molar-refractivity contribution in [2.75, 3.05) is 0 Å². The van der Waals surface area contributed by atoms with Crippen LogP contribution < -0.4 is 0 Å². The van der Waals surface area contributed by atoms with E-state index in [-0.39, 0.29) is 0 Å². The van der Waals surface area contributed by atoms with E-state index in [1.807, 2.05) is 12.4 Å². The first-order valence-corrected chi connectivity index (χ1v) is 6.90. The van der Waals surface area contributed by atoms with Gasteiger partial charge in [0.15, 0.2) is 0 Å². The average Bonchev–Trinajstić information content (AvgIpc) is 2.84. The van der Waals surface area contributed by atoms with E-state index in [1.165, 1.54) is 40.6 Å². The third-order valence-electron chi connectivity index (χ3n) is 3.52. The summed E-state index contributed by atoms with van der Waals surface area (Å²) in [7, 11) is 0. The molecule has 3 aromatic rings. The van der Waals surface area contributed by atoms with Gasteiger partial charge in [0.05, 0.1) is 0 Å². The molecule has 2 heterocycles. The number of fused-ring (bicyclic) bond motifs is 1. The number of aromatic nitrogens is 2. The maximum atomic E-state index is 4.27. The fourth-order valence-electron chi connectivity index (χ4n) is 2.57. The van der Waals surface area contributed by atoms with E-state index in [0.29, 0.717) is 0 Å². The molecule has 1 N–H and O–H groups in total. The molecule has 0 saturated heterocycles. The van der Waals surface area contributed by atoms with E-state index in [0.717, 1.165) is 6.42 Å². The molecule has 1 aromatic carbocycles. The van der Waals surface area contributed by atoms with Crippen LogP contribution in [-0.2, 0) is 6.42 Å². The average molecular weight is 250 g/mol. The minimum atomic E-state index is 1.09. The third kappa shape index (κ3) is 2.26. The van der Waals surface area contributed by atoms with Crippen LogP contribution in [0.5, 0.6) is 0 Å². The molecule has 0 radical (unpaired) electrons. The van der Waals surface area contributed by atoms with E-state index in [2.05, 4.69) is 53.3 Å². The van der Waals surface area contributed by atoms with Gasteiger partial charge < -0.3 is 4.98 Å². The fourth-order valence-corrected chi connectivity index (χ4v) is 2.57. The number of aromatic amines is 1. The van der Waals surface area contributed by atoms with Crippen LogP contribution in [0.15, 0.2) is 48.8 Å². The summed E-state index contributed by atoms with van der Waals surface area (Å²) in [5.74, 6) is 0. The first-order valence-electron chi connectivity index (χ1n) is 6.90. The summed E-state index contributed by atoms with van der Waals surface area (Å²) >= 11 is 0. The lowest BCUT2D eigenvalue weighted by atomic mass is 10.0.